The third-order valence-corrected chi connectivity index (χ3v) is 2.60. The van der Waals surface area contributed by atoms with E-state index in [-0.39, 0.29) is 18.2 Å². The molecule has 0 radical (unpaired) electrons. The summed E-state index contributed by atoms with van der Waals surface area (Å²) in [5.41, 5.74) is 7.15. The highest BCUT2D eigenvalue weighted by Gasteiger charge is 2.07. The molecule has 19 heavy (non-hydrogen) atoms. The van der Waals surface area contributed by atoms with Gasteiger partial charge in [-0.15, -0.1) is 0 Å². The summed E-state index contributed by atoms with van der Waals surface area (Å²) in [5, 5.41) is 0. The standard InChI is InChI=1S/C15H16FNO2/c1-2-18-14-8-7-12(17)9-11(14)10-19-15-6-4-3-5-13(15)16/h3-9H,2,10,17H2,1H3. The fraction of sp³-hybridized carbons (Fsp3) is 0.200. The van der Waals surface area contributed by atoms with Gasteiger partial charge in [-0.1, -0.05) is 12.1 Å². The van der Waals surface area contributed by atoms with Crippen molar-refractivity contribution in [2.45, 2.75) is 13.5 Å². The van der Waals surface area contributed by atoms with Crippen molar-refractivity contribution in [2.24, 2.45) is 0 Å². The van der Waals surface area contributed by atoms with Gasteiger partial charge in [0.15, 0.2) is 11.6 Å². The third kappa shape index (κ3) is 3.37. The molecule has 2 aromatic rings. The Balaban J connectivity index is 2.14. The Morgan fingerprint density at radius 3 is 2.58 bits per heavy atom. The molecule has 0 fully saturated rings. The molecule has 4 heteroatoms. The first-order valence-corrected chi connectivity index (χ1v) is 6.09. The van der Waals surface area contributed by atoms with Gasteiger partial charge in [-0.2, -0.15) is 0 Å². The average Bonchev–Trinajstić information content (AvgIpc) is 2.41. The number of hydrogen-bond donors (Lipinski definition) is 1. The number of para-hydroxylation sites is 1. The molecule has 0 saturated carbocycles. The minimum atomic E-state index is -0.385. The van der Waals surface area contributed by atoms with Crippen molar-refractivity contribution in [3.05, 3.63) is 53.8 Å². The van der Waals surface area contributed by atoms with Crippen molar-refractivity contribution in [1.29, 1.82) is 0 Å². The van der Waals surface area contributed by atoms with E-state index in [1.165, 1.54) is 6.07 Å². The first-order valence-electron chi connectivity index (χ1n) is 6.09. The molecule has 3 nitrogen and oxygen atoms in total. The number of nitrogens with two attached hydrogens (primary N) is 1. The zero-order valence-electron chi connectivity index (χ0n) is 10.7. The highest BCUT2D eigenvalue weighted by Crippen LogP contribution is 2.24. The summed E-state index contributed by atoms with van der Waals surface area (Å²) in [7, 11) is 0. The molecule has 0 spiro atoms. The van der Waals surface area contributed by atoms with Crippen LogP contribution in [-0.2, 0) is 6.61 Å². The van der Waals surface area contributed by atoms with Crippen LogP contribution in [0.5, 0.6) is 11.5 Å². The first-order chi connectivity index (χ1) is 9.20. The summed E-state index contributed by atoms with van der Waals surface area (Å²) in [6.07, 6.45) is 0. The number of anilines is 1. The van der Waals surface area contributed by atoms with E-state index in [1.807, 2.05) is 6.92 Å². The third-order valence-electron chi connectivity index (χ3n) is 2.60. The van der Waals surface area contributed by atoms with Gasteiger partial charge in [0, 0.05) is 11.3 Å². The Morgan fingerprint density at radius 2 is 1.84 bits per heavy atom. The van der Waals surface area contributed by atoms with Crippen LogP contribution in [0.2, 0.25) is 0 Å². The van der Waals surface area contributed by atoms with Crippen LogP contribution in [0.4, 0.5) is 10.1 Å². The van der Waals surface area contributed by atoms with Gasteiger partial charge in [-0.3, -0.25) is 0 Å². The fourth-order valence-corrected chi connectivity index (χ4v) is 1.73. The predicted molar refractivity (Wildman–Crippen MR) is 72.8 cm³/mol. The van der Waals surface area contributed by atoms with Crippen LogP contribution in [0.3, 0.4) is 0 Å². The van der Waals surface area contributed by atoms with Crippen molar-refractivity contribution in [3.8, 4) is 11.5 Å². The molecular formula is C15H16FNO2. The number of rotatable bonds is 5. The number of ether oxygens (including phenoxy) is 2. The number of hydrogen-bond acceptors (Lipinski definition) is 3. The van der Waals surface area contributed by atoms with E-state index in [4.69, 9.17) is 15.2 Å². The molecule has 0 saturated heterocycles. The lowest BCUT2D eigenvalue weighted by atomic mass is 10.2. The maximum absolute atomic E-state index is 13.4. The molecule has 0 bridgehead atoms. The van der Waals surface area contributed by atoms with Crippen LogP contribution < -0.4 is 15.2 Å². The van der Waals surface area contributed by atoms with Gasteiger partial charge in [0.2, 0.25) is 0 Å². The molecule has 0 aliphatic heterocycles. The smallest absolute Gasteiger partial charge is 0.165 e. The largest absolute Gasteiger partial charge is 0.493 e. The summed E-state index contributed by atoms with van der Waals surface area (Å²) in [5.74, 6) is 0.532. The zero-order valence-corrected chi connectivity index (χ0v) is 10.7. The van der Waals surface area contributed by atoms with Crippen LogP contribution in [0.15, 0.2) is 42.5 Å². The summed E-state index contributed by atoms with van der Waals surface area (Å²) >= 11 is 0. The SMILES string of the molecule is CCOc1ccc(N)cc1COc1ccccc1F. The summed E-state index contributed by atoms with van der Waals surface area (Å²) in [6, 6.07) is 11.6. The van der Waals surface area contributed by atoms with Gasteiger partial charge >= 0.3 is 0 Å². The lowest BCUT2D eigenvalue weighted by Gasteiger charge is -2.12. The van der Waals surface area contributed by atoms with Crippen molar-refractivity contribution in [1.82, 2.24) is 0 Å². The van der Waals surface area contributed by atoms with Crippen molar-refractivity contribution >= 4 is 5.69 Å². The highest BCUT2D eigenvalue weighted by molar-refractivity contribution is 5.47. The van der Waals surface area contributed by atoms with Crippen molar-refractivity contribution in [2.75, 3.05) is 12.3 Å². The fourth-order valence-electron chi connectivity index (χ4n) is 1.73. The van der Waals surface area contributed by atoms with E-state index in [1.54, 1.807) is 36.4 Å². The molecule has 0 aromatic heterocycles. The second-order valence-electron chi connectivity index (χ2n) is 4.02. The maximum Gasteiger partial charge on any atom is 0.165 e. The Hall–Kier alpha value is -2.23. The van der Waals surface area contributed by atoms with Crippen LogP contribution >= 0.6 is 0 Å². The van der Waals surface area contributed by atoms with Gasteiger partial charge in [0.05, 0.1) is 6.61 Å². The van der Waals surface area contributed by atoms with Crippen LogP contribution in [0.25, 0.3) is 0 Å². The van der Waals surface area contributed by atoms with E-state index in [0.717, 1.165) is 5.56 Å². The summed E-state index contributed by atoms with van der Waals surface area (Å²) in [4.78, 5) is 0. The molecule has 2 aromatic carbocycles. The maximum atomic E-state index is 13.4. The molecule has 0 amide bonds. The van der Waals surface area contributed by atoms with Gasteiger partial charge in [0.25, 0.3) is 0 Å². The van der Waals surface area contributed by atoms with E-state index >= 15 is 0 Å². The molecule has 0 aliphatic carbocycles. The molecular weight excluding hydrogens is 245 g/mol. The predicted octanol–water partition coefficient (Wildman–Crippen LogP) is 3.39. The van der Waals surface area contributed by atoms with Gasteiger partial charge < -0.3 is 15.2 Å². The minimum absolute atomic E-state index is 0.210. The van der Waals surface area contributed by atoms with Gasteiger partial charge in [0.1, 0.15) is 12.4 Å². The van der Waals surface area contributed by atoms with Gasteiger partial charge in [-0.05, 0) is 37.3 Å². The molecule has 0 atom stereocenters. The normalized spacial score (nSPS) is 10.2. The number of benzene rings is 2. The molecule has 0 unspecified atom stereocenters. The number of halogens is 1. The van der Waals surface area contributed by atoms with Crippen molar-refractivity contribution < 1.29 is 13.9 Å². The quantitative estimate of drug-likeness (QED) is 0.839. The average molecular weight is 261 g/mol. The lowest BCUT2D eigenvalue weighted by molar-refractivity contribution is 0.275. The topological polar surface area (TPSA) is 44.5 Å². The van der Waals surface area contributed by atoms with Crippen LogP contribution in [0.1, 0.15) is 12.5 Å². The molecule has 2 N–H and O–H groups in total. The Labute approximate surface area is 111 Å². The Kier molecular flexibility index (Phi) is 4.23. The Bertz CT molecular complexity index is 558. The van der Waals surface area contributed by atoms with Gasteiger partial charge in [-0.25, -0.2) is 4.39 Å². The second kappa shape index (κ2) is 6.09. The van der Waals surface area contributed by atoms with E-state index in [9.17, 15) is 4.39 Å². The minimum Gasteiger partial charge on any atom is -0.493 e. The van der Waals surface area contributed by atoms with E-state index in [0.29, 0.717) is 18.0 Å². The zero-order chi connectivity index (χ0) is 13.7. The summed E-state index contributed by atoms with van der Waals surface area (Å²) in [6.45, 7) is 2.66. The monoisotopic (exact) mass is 261 g/mol. The van der Waals surface area contributed by atoms with Crippen molar-refractivity contribution in [3.63, 3.8) is 0 Å². The second-order valence-corrected chi connectivity index (χ2v) is 4.02. The van der Waals surface area contributed by atoms with Crippen LogP contribution in [0, 0.1) is 5.82 Å². The van der Waals surface area contributed by atoms with Crippen LogP contribution in [-0.4, -0.2) is 6.61 Å². The molecule has 100 valence electrons. The number of nitrogen functional groups attached to an aromatic ring is 1. The highest BCUT2D eigenvalue weighted by atomic mass is 19.1. The van der Waals surface area contributed by atoms with E-state index < -0.39 is 0 Å². The molecule has 0 heterocycles. The summed E-state index contributed by atoms with van der Waals surface area (Å²) < 4.78 is 24.4. The molecule has 0 aliphatic rings. The van der Waals surface area contributed by atoms with E-state index in [2.05, 4.69) is 0 Å². The molecule has 2 rings (SSSR count). The Morgan fingerprint density at radius 1 is 1.05 bits per heavy atom. The first kappa shape index (κ1) is 13.2. The lowest BCUT2D eigenvalue weighted by Crippen LogP contribution is -2.03.